The Balaban J connectivity index is 2.24. The van der Waals surface area contributed by atoms with E-state index >= 15 is 0 Å². The number of benzene rings is 1. The third-order valence-electron chi connectivity index (χ3n) is 3.42. The van der Waals surface area contributed by atoms with Crippen LogP contribution in [0.3, 0.4) is 0 Å². The van der Waals surface area contributed by atoms with Crippen molar-refractivity contribution in [3.8, 4) is 5.75 Å². The number of carbonyl (C=O) groups is 1. The molecule has 0 aliphatic heterocycles. The van der Waals surface area contributed by atoms with Gasteiger partial charge in [0.2, 0.25) is 10.0 Å². The van der Waals surface area contributed by atoms with Crippen LogP contribution >= 0.6 is 0 Å². The summed E-state index contributed by atoms with van der Waals surface area (Å²) in [6.07, 6.45) is 4.63. The van der Waals surface area contributed by atoms with Crippen LogP contribution in [0.1, 0.15) is 42.5 Å². The van der Waals surface area contributed by atoms with Crippen molar-refractivity contribution in [3.05, 3.63) is 23.8 Å². The summed E-state index contributed by atoms with van der Waals surface area (Å²) in [5.41, 5.74) is -0.531. The number of sulfonamides is 1. The van der Waals surface area contributed by atoms with Gasteiger partial charge in [-0.05, 0) is 25.0 Å². The molecule has 0 aromatic heterocycles. The van der Waals surface area contributed by atoms with E-state index in [-0.39, 0.29) is 10.9 Å². The maximum atomic E-state index is 12.2. The maximum Gasteiger partial charge on any atom is 0.335 e. The van der Waals surface area contributed by atoms with E-state index < -0.39 is 27.3 Å². The van der Waals surface area contributed by atoms with Crippen LogP contribution in [-0.2, 0) is 10.0 Å². The van der Waals surface area contributed by atoms with Gasteiger partial charge in [-0.3, -0.25) is 0 Å². The highest BCUT2D eigenvalue weighted by Gasteiger charge is 2.22. The zero-order chi connectivity index (χ0) is 14.8. The van der Waals surface area contributed by atoms with Crippen LogP contribution in [0.2, 0.25) is 0 Å². The SMILES string of the molecule is O=C(O)c1cc(S(=O)(=O)NC2CCCCC2)ccc1[O-]. The molecule has 0 saturated heterocycles. The summed E-state index contributed by atoms with van der Waals surface area (Å²) in [6.45, 7) is 0. The van der Waals surface area contributed by atoms with Crippen molar-refractivity contribution in [2.24, 2.45) is 0 Å². The Labute approximate surface area is 117 Å². The Hall–Kier alpha value is -1.60. The van der Waals surface area contributed by atoms with Crippen LogP contribution in [0.4, 0.5) is 0 Å². The third kappa shape index (κ3) is 3.29. The lowest BCUT2D eigenvalue weighted by Crippen LogP contribution is -2.36. The highest BCUT2D eigenvalue weighted by molar-refractivity contribution is 7.89. The molecule has 1 fully saturated rings. The number of hydrogen-bond donors (Lipinski definition) is 2. The standard InChI is InChI=1S/C13H17NO5S/c15-12-7-6-10(8-11(12)13(16)17)20(18,19)14-9-4-2-1-3-5-9/h6-9,14-15H,1-5H2,(H,16,17)/p-1. The largest absolute Gasteiger partial charge is 0.872 e. The Kier molecular flexibility index (Phi) is 4.29. The number of carboxylic acid groups (broad SMARTS) is 1. The fourth-order valence-corrected chi connectivity index (χ4v) is 3.68. The lowest BCUT2D eigenvalue weighted by molar-refractivity contribution is -0.268. The monoisotopic (exact) mass is 298 g/mol. The Bertz CT molecular complexity index is 605. The second-order valence-electron chi connectivity index (χ2n) is 4.92. The number of nitrogens with one attached hydrogen (secondary N) is 1. The van der Waals surface area contributed by atoms with Gasteiger partial charge in [-0.1, -0.05) is 31.1 Å². The van der Waals surface area contributed by atoms with Gasteiger partial charge in [0.25, 0.3) is 0 Å². The summed E-state index contributed by atoms with van der Waals surface area (Å²) < 4.78 is 26.9. The zero-order valence-electron chi connectivity index (χ0n) is 10.8. The minimum Gasteiger partial charge on any atom is -0.872 e. The minimum atomic E-state index is -3.78. The van der Waals surface area contributed by atoms with Crippen LogP contribution in [0, 0.1) is 0 Å². The van der Waals surface area contributed by atoms with Crippen LogP contribution in [0.15, 0.2) is 23.1 Å². The van der Waals surface area contributed by atoms with Gasteiger partial charge >= 0.3 is 5.97 Å². The Morgan fingerprint density at radius 2 is 1.90 bits per heavy atom. The van der Waals surface area contributed by atoms with Gasteiger partial charge in [0.1, 0.15) is 0 Å². The molecule has 0 unspecified atom stereocenters. The van der Waals surface area contributed by atoms with Crippen molar-refractivity contribution in [2.45, 2.75) is 43.0 Å². The first-order valence-electron chi connectivity index (χ1n) is 6.47. The van der Waals surface area contributed by atoms with Gasteiger partial charge in [-0.2, -0.15) is 0 Å². The van der Waals surface area contributed by atoms with E-state index in [9.17, 15) is 18.3 Å². The lowest BCUT2D eigenvalue weighted by Gasteiger charge is -2.23. The van der Waals surface area contributed by atoms with E-state index in [0.717, 1.165) is 50.3 Å². The molecule has 0 atom stereocenters. The van der Waals surface area contributed by atoms with Crippen LogP contribution in [0.5, 0.6) is 5.75 Å². The molecular weight excluding hydrogens is 282 g/mol. The summed E-state index contributed by atoms with van der Waals surface area (Å²) in [4.78, 5) is 10.7. The summed E-state index contributed by atoms with van der Waals surface area (Å²) >= 11 is 0. The van der Waals surface area contributed by atoms with E-state index in [2.05, 4.69) is 4.72 Å². The second kappa shape index (κ2) is 5.80. The molecule has 2 rings (SSSR count). The van der Waals surface area contributed by atoms with Crippen molar-refractivity contribution in [3.63, 3.8) is 0 Å². The van der Waals surface area contributed by atoms with Gasteiger partial charge < -0.3 is 10.2 Å². The Morgan fingerprint density at radius 1 is 1.25 bits per heavy atom. The number of hydrogen-bond acceptors (Lipinski definition) is 4. The molecule has 2 N–H and O–H groups in total. The average molecular weight is 298 g/mol. The molecule has 110 valence electrons. The predicted octanol–water partition coefficient (Wildman–Crippen LogP) is 1.07. The van der Waals surface area contributed by atoms with Gasteiger partial charge in [0, 0.05) is 6.04 Å². The van der Waals surface area contributed by atoms with Crippen molar-refractivity contribution < 1.29 is 23.4 Å². The van der Waals surface area contributed by atoms with E-state index in [4.69, 9.17) is 5.11 Å². The smallest absolute Gasteiger partial charge is 0.335 e. The lowest BCUT2D eigenvalue weighted by atomic mass is 9.96. The highest BCUT2D eigenvalue weighted by Crippen LogP contribution is 2.22. The van der Waals surface area contributed by atoms with Crippen LogP contribution in [0.25, 0.3) is 0 Å². The normalized spacial score (nSPS) is 17.0. The van der Waals surface area contributed by atoms with E-state index in [1.54, 1.807) is 0 Å². The quantitative estimate of drug-likeness (QED) is 0.864. The molecule has 1 aromatic rings. The summed E-state index contributed by atoms with van der Waals surface area (Å²) in [5.74, 6) is -2.13. The average Bonchev–Trinajstić information content (AvgIpc) is 2.39. The van der Waals surface area contributed by atoms with Crippen molar-refractivity contribution >= 4 is 16.0 Å². The molecule has 1 aromatic carbocycles. The molecule has 0 bridgehead atoms. The van der Waals surface area contributed by atoms with Gasteiger partial charge in [0.05, 0.1) is 10.5 Å². The first-order valence-corrected chi connectivity index (χ1v) is 7.95. The summed E-state index contributed by atoms with van der Waals surface area (Å²) in [6, 6.07) is 2.91. The zero-order valence-corrected chi connectivity index (χ0v) is 11.6. The molecular formula is C13H16NO5S-. The molecule has 1 saturated carbocycles. The number of aromatic carboxylic acids is 1. The number of carboxylic acids is 1. The van der Waals surface area contributed by atoms with Gasteiger partial charge in [0.15, 0.2) is 0 Å². The molecule has 0 spiro atoms. The maximum absolute atomic E-state index is 12.2. The molecule has 6 nitrogen and oxygen atoms in total. The third-order valence-corrected chi connectivity index (χ3v) is 4.94. The molecule has 7 heteroatoms. The topological polar surface area (TPSA) is 107 Å². The van der Waals surface area contributed by atoms with Crippen LogP contribution in [-0.4, -0.2) is 25.5 Å². The van der Waals surface area contributed by atoms with Gasteiger partial charge in [-0.15, -0.1) is 0 Å². The molecule has 1 aliphatic carbocycles. The van der Waals surface area contributed by atoms with E-state index in [1.807, 2.05) is 0 Å². The Morgan fingerprint density at radius 3 is 2.50 bits per heavy atom. The van der Waals surface area contributed by atoms with E-state index in [0.29, 0.717) is 0 Å². The molecule has 0 radical (unpaired) electrons. The van der Waals surface area contributed by atoms with E-state index in [1.165, 1.54) is 0 Å². The predicted molar refractivity (Wildman–Crippen MR) is 70.0 cm³/mol. The molecule has 20 heavy (non-hydrogen) atoms. The van der Waals surface area contributed by atoms with Crippen LogP contribution < -0.4 is 9.83 Å². The van der Waals surface area contributed by atoms with Gasteiger partial charge in [-0.25, -0.2) is 17.9 Å². The van der Waals surface area contributed by atoms with Crippen molar-refractivity contribution in [1.29, 1.82) is 0 Å². The fraction of sp³-hybridized carbons (Fsp3) is 0.462. The second-order valence-corrected chi connectivity index (χ2v) is 6.63. The van der Waals surface area contributed by atoms with Crippen molar-refractivity contribution in [2.75, 3.05) is 0 Å². The summed E-state index contributed by atoms with van der Waals surface area (Å²) in [5, 5.41) is 20.2. The van der Waals surface area contributed by atoms with Crippen molar-refractivity contribution in [1.82, 2.24) is 4.72 Å². The molecule has 0 amide bonds. The summed E-state index contributed by atoms with van der Waals surface area (Å²) in [7, 11) is -3.78. The first-order chi connectivity index (χ1) is 9.40. The molecule has 1 aliphatic rings. The highest BCUT2D eigenvalue weighted by atomic mass is 32.2. The number of rotatable bonds is 4. The minimum absolute atomic E-state index is 0.117. The fourth-order valence-electron chi connectivity index (χ4n) is 2.35. The first kappa shape index (κ1) is 14.8. The molecule has 0 heterocycles.